The lowest BCUT2D eigenvalue weighted by molar-refractivity contribution is -0.151. The highest BCUT2D eigenvalue weighted by molar-refractivity contribution is 5.77. The fraction of sp³-hybridized carbons (Fsp3) is 0.849. The van der Waals surface area contributed by atoms with Gasteiger partial charge >= 0.3 is 5.97 Å². The van der Waals surface area contributed by atoms with Crippen LogP contribution in [0.4, 0.5) is 0 Å². The lowest BCUT2D eigenvalue weighted by Gasteiger charge is -2.24. The maximum Gasteiger partial charge on any atom is 0.306 e. The second kappa shape index (κ2) is 47.1. The van der Waals surface area contributed by atoms with Gasteiger partial charge in [-0.15, -0.1) is 0 Å². The van der Waals surface area contributed by atoms with Crippen LogP contribution in [0.15, 0.2) is 36.5 Å². The Morgan fingerprint density at radius 1 is 0.492 bits per heavy atom. The number of unbranched alkanes of at least 4 members (excludes halogenated alkanes) is 29. The molecule has 0 rings (SSSR count). The molecule has 0 aliphatic heterocycles. The summed E-state index contributed by atoms with van der Waals surface area (Å²) < 4.78 is 5.91. The maximum absolute atomic E-state index is 13.2. The van der Waals surface area contributed by atoms with Gasteiger partial charge in [0, 0.05) is 6.42 Å². The highest BCUT2D eigenvalue weighted by Gasteiger charge is 2.24. The Labute approximate surface area is 366 Å². The lowest BCUT2D eigenvalue weighted by Crippen LogP contribution is -2.46. The van der Waals surface area contributed by atoms with Crippen molar-refractivity contribution in [1.82, 2.24) is 5.32 Å². The molecular formula is C53H99NO5. The average Bonchev–Trinajstić information content (AvgIpc) is 3.23. The van der Waals surface area contributed by atoms with E-state index in [1.165, 1.54) is 154 Å². The summed E-state index contributed by atoms with van der Waals surface area (Å²) in [5.41, 5.74) is 0. The number of nitrogens with one attached hydrogen (secondary N) is 1. The van der Waals surface area contributed by atoms with Crippen LogP contribution in [0.25, 0.3) is 0 Å². The number of amides is 1. The van der Waals surface area contributed by atoms with E-state index in [2.05, 4.69) is 62.5 Å². The molecule has 6 heteroatoms. The predicted molar refractivity (Wildman–Crippen MR) is 255 cm³/mol. The molecule has 0 saturated heterocycles. The topological polar surface area (TPSA) is 95.9 Å². The van der Waals surface area contributed by atoms with E-state index in [1.807, 2.05) is 0 Å². The summed E-state index contributed by atoms with van der Waals surface area (Å²) >= 11 is 0. The molecule has 0 aliphatic carbocycles. The van der Waals surface area contributed by atoms with E-state index in [-0.39, 0.29) is 24.9 Å². The Hall–Kier alpha value is -1.92. The van der Waals surface area contributed by atoms with Crippen LogP contribution in [-0.4, -0.2) is 46.9 Å². The van der Waals surface area contributed by atoms with Gasteiger partial charge in [-0.3, -0.25) is 9.59 Å². The second-order valence-electron chi connectivity index (χ2n) is 17.6. The van der Waals surface area contributed by atoms with Gasteiger partial charge in [-0.2, -0.15) is 0 Å². The van der Waals surface area contributed by atoms with Crippen LogP contribution in [0.3, 0.4) is 0 Å². The molecule has 0 bridgehead atoms. The number of hydrogen-bond acceptors (Lipinski definition) is 5. The van der Waals surface area contributed by atoms with Crippen molar-refractivity contribution in [3.63, 3.8) is 0 Å². The summed E-state index contributed by atoms with van der Waals surface area (Å²) in [7, 11) is 0. The number of carbonyl (C=O) groups is 2. The summed E-state index contributed by atoms with van der Waals surface area (Å²) in [6.45, 7) is 6.44. The number of carbonyl (C=O) groups excluding carboxylic acids is 2. The van der Waals surface area contributed by atoms with Crippen molar-refractivity contribution in [2.45, 2.75) is 283 Å². The zero-order chi connectivity index (χ0) is 43.1. The lowest BCUT2D eigenvalue weighted by atomic mass is 10.0. The molecule has 346 valence electrons. The molecule has 59 heavy (non-hydrogen) atoms. The molecule has 1 amide bonds. The van der Waals surface area contributed by atoms with E-state index in [0.29, 0.717) is 19.3 Å². The first kappa shape index (κ1) is 57.1. The van der Waals surface area contributed by atoms with Gasteiger partial charge in [0.05, 0.1) is 25.2 Å². The molecule has 0 aromatic heterocycles. The minimum absolute atomic E-state index is 0.0541. The van der Waals surface area contributed by atoms with Crippen molar-refractivity contribution in [2.75, 3.05) is 6.61 Å². The van der Waals surface area contributed by atoms with E-state index in [1.54, 1.807) is 0 Å². The minimum atomic E-state index is -0.794. The fourth-order valence-electron chi connectivity index (χ4n) is 7.77. The average molecular weight is 830 g/mol. The fourth-order valence-corrected chi connectivity index (χ4v) is 7.77. The monoisotopic (exact) mass is 830 g/mol. The third kappa shape index (κ3) is 42.6. The quantitative estimate of drug-likeness (QED) is 0.0246. The van der Waals surface area contributed by atoms with Crippen LogP contribution >= 0.6 is 0 Å². The Morgan fingerprint density at radius 3 is 1.37 bits per heavy atom. The first-order chi connectivity index (χ1) is 29.0. The first-order valence-electron chi connectivity index (χ1n) is 25.7. The SMILES string of the molecule is CCCCC/C=C/C=C/CCCCCCCCC(=O)OC(CCC/C=C\CCCCCCCCC)CC(=O)NC(CO)C(O)CCCCCCCCCCCCCCC. The Morgan fingerprint density at radius 2 is 0.881 bits per heavy atom. The number of esters is 1. The second-order valence-corrected chi connectivity index (χ2v) is 17.6. The highest BCUT2D eigenvalue weighted by atomic mass is 16.5. The Balaban J connectivity index is 4.59. The highest BCUT2D eigenvalue weighted by Crippen LogP contribution is 2.17. The molecule has 6 nitrogen and oxygen atoms in total. The largest absolute Gasteiger partial charge is 0.462 e. The molecule has 0 fully saturated rings. The maximum atomic E-state index is 13.2. The summed E-state index contributed by atoms with van der Waals surface area (Å²) in [6.07, 6.45) is 54.9. The molecule has 0 saturated carbocycles. The van der Waals surface area contributed by atoms with Gasteiger partial charge in [-0.25, -0.2) is 0 Å². The molecule has 0 aromatic rings. The zero-order valence-electron chi connectivity index (χ0n) is 39.4. The van der Waals surface area contributed by atoms with Gasteiger partial charge in [0.15, 0.2) is 0 Å². The van der Waals surface area contributed by atoms with Crippen LogP contribution in [0.2, 0.25) is 0 Å². The molecule has 0 radical (unpaired) electrons. The van der Waals surface area contributed by atoms with Gasteiger partial charge < -0.3 is 20.3 Å². The zero-order valence-corrected chi connectivity index (χ0v) is 39.4. The first-order valence-corrected chi connectivity index (χ1v) is 25.7. The van der Waals surface area contributed by atoms with Crippen LogP contribution in [0.5, 0.6) is 0 Å². The molecule has 3 unspecified atom stereocenters. The summed E-state index contributed by atoms with van der Waals surface area (Å²) in [4.78, 5) is 26.1. The number of aliphatic hydroxyl groups excluding tert-OH is 2. The third-order valence-corrected chi connectivity index (χ3v) is 11.7. The number of rotatable bonds is 46. The van der Waals surface area contributed by atoms with Crippen LogP contribution in [0, 0.1) is 0 Å². The van der Waals surface area contributed by atoms with Crippen molar-refractivity contribution in [1.29, 1.82) is 0 Å². The summed E-state index contributed by atoms with van der Waals surface area (Å²) in [6, 6.07) is -0.709. The van der Waals surface area contributed by atoms with Crippen molar-refractivity contribution in [3.8, 4) is 0 Å². The van der Waals surface area contributed by atoms with E-state index >= 15 is 0 Å². The Kier molecular flexibility index (Phi) is 45.6. The molecule has 3 atom stereocenters. The minimum Gasteiger partial charge on any atom is -0.462 e. The smallest absolute Gasteiger partial charge is 0.306 e. The van der Waals surface area contributed by atoms with E-state index in [4.69, 9.17) is 4.74 Å². The Bertz CT molecular complexity index is 977. The standard InChI is InChI=1S/C53H99NO5/c1-4-7-10-13-16-19-22-25-26-28-31-34-37-40-43-46-53(58)59-49(44-41-38-35-32-29-24-21-18-15-12-9-6-3)47-52(57)54-50(48-55)51(56)45-42-39-36-33-30-27-23-20-17-14-11-8-5-2/h16,19,22,25,32,35,49-51,55-56H,4-15,17-18,20-21,23-24,26-31,33-34,36-48H2,1-3H3,(H,54,57)/b19-16+,25-22+,35-32-. The normalized spacial score (nSPS) is 13.5. The molecule has 0 heterocycles. The van der Waals surface area contributed by atoms with Gasteiger partial charge in [0.1, 0.15) is 6.10 Å². The van der Waals surface area contributed by atoms with E-state index in [0.717, 1.165) is 64.2 Å². The van der Waals surface area contributed by atoms with Crippen LogP contribution in [-0.2, 0) is 14.3 Å². The molecular weight excluding hydrogens is 731 g/mol. The van der Waals surface area contributed by atoms with Gasteiger partial charge in [-0.05, 0) is 70.6 Å². The predicted octanol–water partition coefficient (Wildman–Crippen LogP) is 15.3. The number of aliphatic hydroxyl groups is 2. The van der Waals surface area contributed by atoms with Crippen LogP contribution in [0.1, 0.15) is 265 Å². The summed E-state index contributed by atoms with van der Waals surface area (Å²) in [5.74, 6) is -0.509. The number of allylic oxidation sites excluding steroid dienone is 6. The molecule has 0 aromatic carbocycles. The van der Waals surface area contributed by atoms with Crippen molar-refractivity contribution < 1.29 is 24.5 Å². The van der Waals surface area contributed by atoms with E-state index in [9.17, 15) is 19.8 Å². The number of hydrogen-bond donors (Lipinski definition) is 3. The van der Waals surface area contributed by atoms with Crippen LogP contribution < -0.4 is 5.32 Å². The van der Waals surface area contributed by atoms with Crippen molar-refractivity contribution in [2.24, 2.45) is 0 Å². The van der Waals surface area contributed by atoms with Crippen molar-refractivity contribution in [3.05, 3.63) is 36.5 Å². The molecule has 3 N–H and O–H groups in total. The molecule has 0 spiro atoms. The third-order valence-electron chi connectivity index (χ3n) is 11.7. The van der Waals surface area contributed by atoms with E-state index < -0.39 is 18.2 Å². The van der Waals surface area contributed by atoms with Gasteiger partial charge in [0.2, 0.25) is 5.91 Å². The summed E-state index contributed by atoms with van der Waals surface area (Å²) in [5, 5.41) is 23.7. The number of ether oxygens (including phenoxy) is 1. The molecule has 0 aliphatic rings. The van der Waals surface area contributed by atoms with Gasteiger partial charge in [-0.1, -0.05) is 218 Å². The van der Waals surface area contributed by atoms with Crippen molar-refractivity contribution >= 4 is 11.9 Å². The van der Waals surface area contributed by atoms with Gasteiger partial charge in [0.25, 0.3) is 0 Å².